The van der Waals surface area contributed by atoms with E-state index in [1.807, 2.05) is 0 Å². The Kier molecular flexibility index (Phi) is 9.05. The molecular formula is C22H27N3O7S2. The molecule has 184 valence electrons. The van der Waals surface area contributed by atoms with Gasteiger partial charge in [0.25, 0.3) is 0 Å². The second kappa shape index (κ2) is 11.3. The second-order valence-corrected chi connectivity index (χ2v) is 9.98. The van der Waals surface area contributed by atoms with Crippen LogP contribution < -0.4 is 5.73 Å². The lowest BCUT2D eigenvalue weighted by Gasteiger charge is -2.41. The van der Waals surface area contributed by atoms with Crippen LogP contribution in [-0.2, 0) is 4.79 Å². The van der Waals surface area contributed by atoms with E-state index in [0.717, 1.165) is 41.9 Å². The van der Waals surface area contributed by atoms with E-state index in [9.17, 15) is 29.6 Å². The molecule has 0 radical (unpaired) electrons. The Labute approximate surface area is 204 Å². The molecule has 34 heavy (non-hydrogen) atoms. The van der Waals surface area contributed by atoms with Gasteiger partial charge in [-0.2, -0.15) is 0 Å². The van der Waals surface area contributed by atoms with Crippen molar-refractivity contribution in [3.05, 3.63) is 33.4 Å². The van der Waals surface area contributed by atoms with Gasteiger partial charge in [0.2, 0.25) is 5.91 Å². The first-order valence-electron chi connectivity index (χ1n) is 10.7. The number of carboxylic acid groups (broad SMARTS) is 2. The highest BCUT2D eigenvalue weighted by molar-refractivity contribution is 7.25. The van der Waals surface area contributed by atoms with Crippen LogP contribution >= 0.6 is 22.7 Å². The van der Waals surface area contributed by atoms with E-state index < -0.39 is 28.0 Å². The molecule has 0 aliphatic heterocycles. The molecular weight excluding hydrogens is 482 g/mol. The summed E-state index contributed by atoms with van der Waals surface area (Å²) in [7, 11) is 0. The third-order valence-corrected chi connectivity index (χ3v) is 8.70. The SMILES string of the molecule is C=Nc1sc(-c2ccc([N+](=O)[O-])s2)c(C(=O)O)c1C(=O)O.CCC1(CC)CCCCC1C(N)=O. The fraction of sp³-hybridized carbons (Fsp3) is 0.455. The van der Waals surface area contributed by atoms with Crippen LogP contribution in [0.2, 0.25) is 0 Å². The van der Waals surface area contributed by atoms with Crippen molar-refractivity contribution < 1.29 is 29.5 Å². The average Bonchev–Trinajstić information content (AvgIpc) is 3.44. The Morgan fingerprint density at radius 3 is 2.21 bits per heavy atom. The van der Waals surface area contributed by atoms with Gasteiger partial charge in [0.05, 0.1) is 20.2 Å². The van der Waals surface area contributed by atoms with E-state index in [-0.39, 0.29) is 32.1 Å². The van der Waals surface area contributed by atoms with Crippen LogP contribution in [0.15, 0.2) is 17.1 Å². The van der Waals surface area contributed by atoms with Gasteiger partial charge in [0.1, 0.15) is 10.6 Å². The fourth-order valence-electron chi connectivity index (χ4n) is 4.50. The number of nitrogens with zero attached hydrogens (tertiary/aromatic N) is 2. The summed E-state index contributed by atoms with van der Waals surface area (Å²) >= 11 is 1.58. The number of carbonyl (C=O) groups is 3. The van der Waals surface area contributed by atoms with E-state index in [4.69, 9.17) is 10.8 Å². The molecule has 12 heteroatoms. The van der Waals surface area contributed by atoms with Crippen molar-refractivity contribution in [2.45, 2.75) is 52.4 Å². The van der Waals surface area contributed by atoms with Crippen LogP contribution in [0.1, 0.15) is 73.1 Å². The summed E-state index contributed by atoms with van der Waals surface area (Å²) < 4.78 is 0. The smallest absolute Gasteiger partial charge is 0.339 e. The van der Waals surface area contributed by atoms with E-state index in [2.05, 4.69) is 25.6 Å². The number of carboxylic acids is 2. The van der Waals surface area contributed by atoms with Crippen molar-refractivity contribution in [1.82, 2.24) is 0 Å². The Balaban J connectivity index is 0.000000270. The summed E-state index contributed by atoms with van der Waals surface area (Å²) in [5.74, 6) is -2.83. The molecule has 4 N–H and O–H groups in total. The molecule has 2 aromatic heterocycles. The van der Waals surface area contributed by atoms with Crippen molar-refractivity contribution in [2.24, 2.45) is 22.1 Å². The zero-order chi connectivity index (χ0) is 25.6. The van der Waals surface area contributed by atoms with E-state index in [1.165, 1.54) is 31.4 Å². The number of thiophene rings is 2. The number of aromatic carboxylic acids is 2. The molecule has 2 heterocycles. The maximum Gasteiger partial charge on any atom is 0.339 e. The number of primary amides is 1. The Hall–Kier alpha value is -3.12. The molecule has 0 bridgehead atoms. The summed E-state index contributed by atoms with van der Waals surface area (Å²) in [5, 5.41) is 28.8. The van der Waals surface area contributed by atoms with Gasteiger partial charge in [-0.1, -0.05) is 38.0 Å². The van der Waals surface area contributed by atoms with Gasteiger partial charge in [0, 0.05) is 12.0 Å². The fourth-order valence-corrected chi connectivity index (χ4v) is 6.53. The van der Waals surface area contributed by atoms with Crippen molar-refractivity contribution in [3.8, 4) is 9.75 Å². The number of carbonyl (C=O) groups excluding carboxylic acids is 1. The Morgan fingerprint density at radius 1 is 1.18 bits per heavy atom. The monoisotopic (exact) mass is 509 g/mol. The van der Waals surface area contributed by atoms with E-state index in [0.29, 0.717) is 4.88 Å². The highest BCUT2D eigenvalue weighted by atomic mass is 32.1. The maximum absolute atomic E-state index is 11.3. The molecule has 10 nitrogen and oxygen atoms in total. The van der Waals surface area contributed by atoms with Gasteiger partial charge < -0.3 is 15.9 Å². The number of hydrogen-bond donors (Lipinski definition) is 3. The zero-order valence-electron chi connectivity index (χ0n) is 18.9. The maximum atomic E-state index is 11.3. The summed E-state index contributed by atoms with van der Waals surface area (Å²) in [6, 6.07) is 2.60. The summed E-state index contributed by atoms with van der Waals surface area (Å²) in [5.41, 5.74) is 4.78. The molecule has 1 amide bonds. The van der Waals surface area contributed by atoms with Gasteiger partial charge in [-0.05, 0) is 43.9 Å². The van der Waals surface area contributed by atoms with Crippen molar-refractivity contribution in [3.63, 3.8) is 0 Å². The Bertz CT molecular complexity index is 1100. The lowest BCUT2D eigenvalue weighted by atomic mass is 9.63. The van der Waals surface area contributed by atoms with Gasteiger partial charge in [-0.3, -0.25) is 19.9 Å². The first kappa shape index (κ1) is 27.1. The van der Waals surface area contributed by atoms with Crippen LogP contribution in [-0.4, -0.2) is 39.7 Å². The number of nitrogens with two attached hydrogens (primary N) is 1. The van der Waals surface area contributed by atoms with E-state index in [1.54, 1.807) is 0 Å². The summed E-state index contributed by atoms with van der Waals surface area (Å²) in [6.07, 6.45) is 6.83. The molecule has 1 unspecified atom stereocenters. The van der Waals surface area contributed by atoms with Crippen LogP contribution in [0, 0.1) is 21.4 Å². The van der Waals surface area contributed by atoms with Gasteiger partial charge in [-0.15, -0.1) is 11.3 Å². The third-order valence-electron chi connectivity index (χ3n) is 6.36. The van der Waals surface area contributed by atoms with Crippen LogP contribution in [0.3, 0.4) is 0 Å². The Morgan fingerprint density at radius 2 is 1.79 bits per heavy atom. The number of rotatable bonds is 8. The first-order chi connectivity index (χ1) is 16.0. The molecule has 1 fully saturated rings. The molecule has 0 aromatic carbocycles. The zero-order valence-corrected chi connectivity index (χ0v) is 20.5. The predicted octanol–water partition coefficient (Wildman–Crippen LogP) is 5.58. The molecule has 1 saturated carbocycles. The lowest BCUT2D eigenvalue weighted by Crippen LogP contribution is -2.41. The molecule has 0 saturated heterocycles. The number of nitro groups is 1. The molecule has 0 spiro atoms. The first-order valence-corrected chi connectivity index (χ1v) is 12.3. The van der Waals surface area contributed by atoms with Crippen molar-refractivity contribution in [1.29, 1.82) is 0 Å². The summed E-state index contributed by atoms with van der Waals surface area (Å²) in [4.78, 5) is 47.9. The molecule has 3 rings (SSSR count). The number of hydrogen-bond acceptors (Lipinski definition) is 8. The second-order valence-electron chi connectivity index (χ2n) is 7.92. The summed E-state index contributed by atoms with van der Waals surface area (Å²) in [6.45, 7) is 7.58. The third kappa shape index (κ3) is 5.50. The minimum absolute atomic E-state index is 0.0500. The number of aliphatic imine (C=N–C) groups is 1. The molecule has 1 aliphatic carbocycles. The lowest BCUT2D eigenvalue weighted by molar-refractivity contribution is -0.380. The molecule has 2 aromatic rings. The van der Waals surface area contributed by atoms with Crippen molar-refractivity contribution in [2.75, 3.05) is 0 Å². The van der Waals surface area contributed by atoms with Crippen LogP contribution in [0.5, 0.6) is 0 Å². The van der Waals surface area contributed by atoms with Crippen LogP contribution in [0.4, 0.5) is 10.0 Å². The number of amides is 1. The van der Waals surface area contributed by atoms with Gasteiger partial charge in [0.15, 0.2) is 0 Å². The predicted molar refractivity (Wildman–Crippen MR) is 132 cm³/mol. The van der Waals surface area contributed by atoms with Crippen molar-refractivity contribution >= 4 is 57.2 Å². The van der Waals surface area contributed by atoms with Gasteiger partial charge in [-0.25, -0.2) is 9.59 Å². The molecule has 1 aliphatic rings. The standard InChI is InChI=1S/C11H6N2O6S2.C11H21NO/c1-12-9-7(11(16)17)6(10(14)15)8(21-9)4-2-3-5(20-4)13(18)19;1-3-11(4-2)8-6-5-7-9(11)10(12)13/h2-3H,1H2,(H,14,15)(H,16,17);9H,3-8H2,1-2H3,(H2,12,13). The minimum atomic E-state index is -1.44. The molecule has 1 atom stereocenters. The quantitative estimate of drug-likeness (QED) is 0.236. The van der Waals surface area contributed by atoms with E-state index >= 15 is 0 Å². The highest BCUT2D eigenvalue weighted by Crippen LogP contribution is 2.46. The van der Waals surface area contributed by atoms with Crippen LogP contribution in [0.25, 0.3) is 9.75 Å². The van der Waals surface area contributed by atoms with Gasteiger partial charge >= 0.3 is 16.9 Å². The largest absolute Gasteiger partial charge is 0.478 e. The minimum Gasteiger partial charge on any atom is -0.478 e. The topological polar surface area (TPSA) is 173 Å². The highest BCUT2D eigenvalue weighted by Gasteiger charge is 2.40. The normalized spacial score (nSPS) is 16.7. The average molecular weight is 510 g/mol.